The van der Waals surface area contributed by atoms with Gasteiger partial charge in [0, 0.05) is 43.8 Å². The molecule has 1 heterocycles. The normalized spacial score (nSPS) is 32.8. The molecule has 136 valence electrons. The minimum absolute atomic E-state index is 0.0848. The van der Waals surface area contributed by atoms with Crippen LogP contribution in [-0.2, 0) is 11.3 Å². The van der Waals surface area contributed by atoms with E-state index in [0.717, 1.165) is 44.2 Å². The predicted octanol–water partition coefficient (Wildman–Crippen LogP) is 2.75. The first-order valence-electron chi connectivity index (χ1n) is 9.63. The minimum Gasteiger partial charge on any atom is -0.341 e. The molecule has 1 aromatic carbocycles. The van der Waals surface area contributed by atoms with Gasteiger partial charge >= 0.3 is 0 Å². The summed E-state index contributed by atoms with van der Waals surface area (Å²) in [5.74, 6) is 1.54. The van der Waals surface area contributed by atoms with E-state index in [2.05, 4.69) is 21.9 Å². The largest absolute Gasteiger partial charge is 0.341 e. The van der Waals surface area contributed by atoms with E-state index in [1.165, 1.54) is 24.8 Å². The van der Waals surface area contributed by atoms with Crippen LogP contribution in [0.1, 0.15) is 31.2 Å². The maximum absolute atomic E-state index is 13.1. The van der Waals surface area contributed by atoms with Gasteiger partial charge in [0.2, 0.25) is 5.91 Å². The van der Waals surface area contributed by atoms with Gasteiger partial charge in [0.15, 0.2) is 0 Å². The van der Waals surface area contributed by atoms with E-state index in [1.807, 2.05) is 12.1 Å². The molecular weight excluding hydrogens is 334 g/mol. The first-order valence-corrected chi connectivity index (χ1v) is 10.0. The van der Waals surface area contributed by atoms with Gasteiger partial charge in [-0.2, -0.15) is 0 Å². The third-order valence-electron chi connectivity index (χ3n) is 6.49. The van der Waals surface area contributed by atoms with Crippen LogP contribution < -0.4 is 5.73 Å². The maximum atomic E-state index is 13.1. The SMILES string of the molecule is NC1C2CCC(C2)C1C(=O)N1CCCN(Cc2ccc(Cl)cc2)CC1. The molecule has 0 spiro atoms. The Labute approximate surface area is 155 Å². The maximum Gasteiger partial charge on any atom is 0.227 e. The second-order valence-electron chi connectivity index (χ2n) is 8.02. The van der Waals surface area contributed by atoms with Crippen molar-refractivity contribution in [1.29, 1.82) is 0 Å². The van der Waals surface area contributed by atoms with Crippen LogP contribution >= 0.6 is 11.6 Å². The Morgan fingerprint density at radius 1 is 1.08 bits per heavy atom. The summed E-state index contributed by atoms with van der Waals surface area (Å²) >= 11 is 5.97. The first kappa shape index (κ1) is 17.3. The number of halogens is 1. The highest BCUT2D eigenvalue weighted by atomic mass is 35.5. The van der Waals surface area contributed by atoms with Gasteiger partial charge in [0.25, 0.3) is 0 Å². The molecule has 4 rings (SSSR count). The number of hydrogen-bond donors (Lipinski definition) is 1. The van der Waals surface area contributed by atoms with Gasteiger partial charge in [-0.05, 0) is 55.2 Å². The monoisotopic (exact) mass is 361 g/mol. The molecule has 1 aliphatic heterocycles. The summed E-state index contributed by atoms with van der Waals surface area (Å²) < 4.78 is 0. The number of amides is 1. The number of fused-ring (bicyclic) bond motifs is 2. The average Bonchev–Trinajstić information content (AvgIpc) is 3.11. The van der Waals surface area contributed by atoms with Crippen LogP contribution in [0.15, 0.2) is 24.3 Å². The molecule has 1 aromatic rings. The molecule has 5 heteroatoms. The van der Waals surface area contributed by atoms with Crippen molar-refractivity contribution in [3.8, 4) is 0 Å². The lowest BCUT2D eigenvalue weighted by Gasteiger charge is -2.32. The van der Waals surface area contributed by atoms with E-state index in [0.29, 0.717) is 17.7 Å². The Balaban J connectivity index is 1.35. The van der Waals surface area contributed by atoms with E-state index in [1.54, 1.807) is 0 Å². The molecular formula is C20H28ClN3O. The highest BCUT2D eigenvalue weighted by Crippen LogP contribution is 2.48. The van der Waals surface area contributed by atoms with E-state index in [4.69, 9.17) is 17.3 Å². The zero-order valence-corrected chi connectivity index (χ0v) is 15.5. The summed E-state index contributed by atoms with van der Waals surface area (Å²) in [5.41, 5.74) is 7.66. The fourth-order valence-electron chi connectivity index (χ4n) is 5.11. The van der Waals surface area contributed by atoms with Gasteiger partial charge in [0.05, 0.1) is 5.92 Å². The summed E-state index contributed by atoms with van der Waals surface area (Å²) in [7, 11) is 0. The zero-order valence-electron chi connectivity index (χ0n) is 14.7. The van der Waals surface area contributed by atoms with Gasteiger partial charge in [-0.3, -0.25) is 9.69 Å². The van der Waals surface area contributed by atoms with Crippen LogP contribution in [-0.4, -0.2) is 47.9 Å². The molecule has 2 N–H and O–H groups in total. The lowest BCUT2D eigenvalue weighted by atomic mass is 9.84. The second-order valence-corrected chi connectivity index (χ2v) is 8.45. The third kappa shape index (κ3) is 3.57. The standard InChI is InChI=1S/C20H28ClN3O/c21-17-6-2-14(3-7-17)13-23-8-1-9-24(11-10-23)20(25)18-15-4-5-16(12-15)19(18)22/h2-3,6-7,15-16,18-19H,1,4-5,8-13,22H2. The second kappa shape index (κ2) is 7.26. The van der Waals surface area contributed by atoms with Crippen molar-refractivity contribution < 1.29 is 4.79 Å². The summed E-state index contributed by atoms with van der Waals surface area (Å²) in [6, 6.07) is 8.16. The lowest BCUT2D eigenvalue weighted by molar-refractivity contribution is -0.137. The number of benzene rings is 1. The van der Waals surface area contributed by atoms with Crippen molar-refractivity contribution in [3.05, 3.63) is 34.9 Å². The molecule has 1 saturated heterocycles. The molecule has 2 saturated carbocycles. The van der Waals surface area contributed by atoms with Crippen LogP contribution in [0, 0.1) is 17.8 Å². The van der Waals surface area contributed by atoms with Crippen molar-refractivity contribution in [2.75, 3.05) is 26.2 Å². The Bertz CT molecular complexity index is 618. The molecule has 3 aliphatic rings. The third-order valence-corrected chi connectivity index (χ3v) is 6.74. The van der Waals surface area contributed by atoms with Gasteiger partial charge in [-0.25, -0.2) is 0 Å². The molecule has 4 atom stereocenters. The van der Waals surface area contributed by atoms with E-state index in [9.17, 15) is 4.79 Å². The smallest absolute Gasteiger partial charge is 0.227 e. The molecule has 4 nitrogen and oxygen atoms in total. The minimum atomic E-state index is 0.0848. The number of carbonyl (C=O) groups is 1. The van der Waals surface area contributed by atoms with Gasteiger partial charge in [-0.1, -0.05) is 23.7 Å². The first-order chi connectivity index (χ1) is 12.1. The fourth-order valence-corrected chi connectivity index (χ4v) is 5.24. The topological polar surface area (TPSA) is 49.6 Å². The molecule has 0 aromatic heterocycles. The Morgan fingerprint density at radius 2 is 1.84 bits per heavy atom. The number of nitrogens with zero attached hydrogens (tertiary/aromatic N) is 2. The average molecular weight is 362 g/mol. The van der Waals surface area contributed by atoms with Crippen LogP contribution in [0.4, 0.5) is 0 Å². The Morgan fingerprint density at radius 3 is 2.56 bits per heavy atom. The van der Waals surface area contributed by atoms with Crippen molar-refractivity contribution >= 4 is 17.5 Å². The summed E-state index contributed by atoms with van der Waals surface area (Å²) in [6.45, 7) is 4.59. The summed E-state index contributed by atoms with van der Waals surface area (Å²) in [4.78, 5) is 17.6. The van der Waals surface area contributed by atoms with Gasteiger partial charge in [-0.15, -0.1) is 0 Å². The van der Waals surface area contributed by atoms with Gasteiger partial charge in [0.1, 0.15) is 0 Å². The molecule has 3 fully saturated rings. The molecule has 2 aliphatic carbocycles. The van der Waals surface area contributed by atoms with Crippen molar-refractivity contribution in [2.45, 2.75) is 38.3 Å². The number of carbonyl (C=O) groups excluding carboxylic acids is 1. The molecule has 25 heavy (non-hydrogen) atoms. The van der Waals surface area contributed by atoms with Crippen LogP contribution in [0.3, 0.4) is 0 Å². The Kier molecular flexibility index (Phi) is 5.03. The van der Waals surface area contributed by atoms with Gasteiger partial charge < -0.3 is 10.6 Å². The molecule has 4 unspecified atom stereocenters. The summed E-state index contributed by atoms with van der Waals surface area (Å²) in [6.07, 6.45) is 4.64. The summed E-state index contributed by atoms with van der Waals surface area (Å²) in [5, 5.41) is 0.776. The number of nitrogens with two attached hydrogens (primary N) is 1. The quantitative estimate of drug-likeness (QED) is 0.900. The lowest BCUT2D eigenvalue weighted by Crippen LogP contribution is -2.48. The number of hydrogen-bond acceptors (Lipinski definition) is 3. The predicted molar refractivity (Wildman–Crippen MR) is 100 cm³/mol. The van der Waals surface area contributed by atoms with E-state index >= 15 is 0 Å². The van der Waals surface area contributed by atoms with E-state index in [-0.39, 0.29) is 12.0 Å². The molecule has 2 bridgehead atoms. The fraction of sp³-hybridized carbons (Fsp3) is 0.650. The zero-order chi connectivity index (χ0) is 17.4. The molecule has 0 radical (unpaired) electrons. The van der Waals surface area contributed by atoms with E-state index < -0.39 is 0 Å². The number of rotatable bonds is 3. The van der Waals surface area contributed by atoms with Crippen molar-refractivity contribution in [1.82, 2.24) is 9.80 Å². The van der Waals surface area contributed by atoms with Crippen molar-refractivity contribution in [3.63, 3.8) is 0 Å². The highest BCUT2D eigenvalue weighted by Gasteiger charge is 2.50. The Hall–Kier alpha value is -1.10. The van der Waals surface area contributed by atoms with Crippen LogP contribution in [0.25, 0.3) is 0 Å². The van der Waals surface area contributed by atoms with Crippen molar-refractivity contribution in [2.24, 2.45) is 23.5 Å². The van der Waals surface area contributed by atoms with Crippen LogP contribution in [0.2, 0.25) is 5.02 Å². The highest BCUT2D eigenvalue weighted by molar-refractivity contribution is 6.30. The molecule has 1 amide bonds. The van der Waals surface area contributed by atoms with Crippen LogP contribution in [0.5, 0.6) is 0 Å².